The molecule has 0 radical (unpaired) electrons. The van der Waals surface area contributed by atoms with Crippen molar-refractivity contribution in [3.8, 4) is 5.75 Å². The molecule has 0 atom stereocenters. The molecule has 0 spiro atoms. The van der Waals surface area contributed by atoms with Crippen LogP contribution in [0.5, 0.6) is 5.75 Å². The average Bonchev–Trinajstić information content (AvgIpc) is 2.50. The first-order valence-corrected chi connectivity index (χ1v) is 6.86. The molecule has 108 valence electrons. The van der Waals surface area contributed by atoms with Crippen molar-refractivity contribution >= 4 is 29.3 Å². The minimum atomic E-state index is -0.205. The van der Waals surface area contributed by atoms with Crippen molar-refractivity contribution in [2.75, 3.05) is 12.4 Å². The van der Waals surface area contributed by atoms with Gasteiger partial charge in [-0.2, -0.15) is 0 Å². The average molecular weight is 302 g/mol. The standard InChI is InChI=1S/C17H16ClNO2/c1-12-15(18)7-4-8-16(12)19-17(20)10-9-13-5-3-6-14(11-13)21-2/h3-11H,1-2H3,(H,19,20). The maximum Gasteiger partial charge on any atom is 0.248 e. The van der Waals surface area contributed by atoms with Gasteiger partial charge >= 0.3 is 0 Å². The SMILES string of the molecule is COc1cccc(C=CC(=O)Nc2cccc(Cl)c2C)c1. The van der Waals surface area contributed by atoms with Gasteiger partial charge in [-0.15, -0.1) is 0 Å². The number of amides is 1. The van der Waals surface area contributed by atoms with Gasteiger partial charge in [-0.05, 0) is 48.4 Å². The lowest BCUT2D eigenvalue weighted by atomic mass is 10.2. The van der Waals surface area contributed by atoms with Gasteiger partial charge in [0.25, 0.3) is 0 Å². The van der Waals surface area contributed by atoms with Gasteiger partial charge in [0.1, 0.15) is 5.75 Å². The number of hydrogen-bond acceptors (Lipinski definition) is 2. The molecule has 0 aliphatic carbocycles. The van der Waals surface area contributed by atoms with Gasteiger partial charge in [-0.3, -0.25) is 4.79 Å². The third-order valence-corrected chi connectivity index (χ3v) is 3.46. The van der Waals surface area contributed by atoms with E-state index in [1.54, 1.807) is 25.3 Å². The lowest BCUT2D eigenvalue weighted by Crippen LogP contribution is -2.08. The van der Waals surface area contributed by atoms with Crippen LogP contribution in [0.1, 0.15) is 11.1 Å². The summed E-state index contributed by atoms with van der Waals surface area (Å²) in [5, 5.41) is 3.44. The van der Waals surface area contributed by atoms with Crippen molar-refractivity contribution in [2.24, 2.45) is 0 Å². The summed E-state index contributed by atoms with van der Waals surface area (Å²) in [6.45, 7) is 1.86. The van der Waals surface area contributed by atoms with Crippen LogP contribution in [0.3, 0.4) is 0 Å². The molecule has 21 heavy (non-hydrogen) atoms. The lowest BCUT2D eigenvalue weighted by molar-refractivity contribution is -0.111. The third-order valence-electron chi connectivity index (χ3n) is 3.05. The molecule has 3 nitrogen and oxygen atoms in total. The van der Waals surface area contributed by atoms with E-state index in [0.29, 0.717) is 10.7 Å². The fraction of sp³-hybridized carbons (Fsp3) is 0.118. The summed E-state index contributed by atoms with van der Waals surface area (Å²) in [5.41, 5.74) is 2.46. The maximum absolute atomic E-state index is 11.9. The molecule has 0 saturated carbocycles. The highest BCUT2D eigenvalue weighted by Crippen LogP contribution is 2.23. The van der Waals surface area contributed by atoms with E-state index in [9.17, 15) is 4.79 Å². The summed E-state index contributed by atoms with van der Waals surface area (Å²) >= 11 is 6.02. The summed E-state index contributed by atoms with van der Waals surface area (Å²) in [5.74, 6) is 0.548. The lowest BCUT2D eigenvalue weighted by Gasteiger charge is -2.07. The van der Waals surface area contributed by atoms with Crippen LogP contribution < -0.4 is 10.1 Å². The van der Waals surface area contributed by atoms with Gasteiger partial charge in [0.15, 0.2) is 0 Å². The number of methoxy groups -OCH3 is 1. The van der Waals surface area contributed by atoms with Gasteiger partial charge in [-0.25, -0.2) is 0 Å². The van der Waals surface area contributed by atoms with Crippen molar-refractivity contribution < 1.29 is 9.53 Å². The number of halogens is 1. The molecule has 0 heterocycles. The number of rotatable bonds is 4. The van der Waals surface area contributed by atoms with E-state index in [4.69, 9.17) is 16.3 Å². The predicted octanol–water partition coefficient (Wildman–Crippen LogP) is 4.31. The Morgan fingerprint density at radius 3 is 2.76 bits per heavy atom. The van der Waals surface area contributed by atoms with Crippen molar-refractivity contribution in [1.82, 2.24) is 0 Å². The van der Waals surface area contributed by atoms with Gasteiger partial charge in [0, 0.05) is 16.8 Å². The minimum Gasteiger partial charge on any atom is -0.497 e. The zero-order valence-corrected chi connectivity index (χ0v) is 12.6. The van der Waals surface area contributed by atoms with E-state index >= 15 is 0 Å². The molecule has 1 N–H and O–H groups in total. The van der Waals surface area contributed by atoms with E-state index in [2.05, 4.69) is 5.32 Å². The molecule has 0 aliphatic rings. The Balaban J connectivity index is 2.07. The molecule has 0 unspecified atom stereocenters. The molecular formula is C17H16ClNO2. The van der Waals surface area contributed by atoms with Crippen LogP contribution in [-0.4, -0.2) is 13.0 Å². The predicted molar refractivity (Wildman–Crippen MR) is 86.8 cm³/mol. The molecular weight excluding hydrogens is 286 g/mol. The topological polar surface area (TPSA) is 38.3 Å². The highest BCUT2D eigenvalue weighted by Gasteiger charge is 2.04. The van der Waals surface area contributed by atoms with Gasteiger partial charge in [0.05, 0.1) is 7.11 Å². The second-order valence-corrected chi connectivity index (χ2v) is 4.92. The first kappa shape index (κ1) is 15.1. The Hall–Kier alpha value is -2.26. The van der Waals surface area contributed by atoms with Crippen LogP contribution in [0.25, 0.3) is 6.08 Å². The van der Waals surface area contributed by atoms with Crippen LogP contribution in [0, 0.1) is 6.92 Å². The van der Waals surface area contributed by atoms with Crippen molar-refractivity contribution in [3.63, 3.8) is 0 Å². The zero-order valence-electron chi connectivity index (χ0n) is 11.9. The summed E-state index contributed by atoms with van der Waals surface area (Å²) in [6.07, 6.45) is 3.22. The number of benzene rings is 2. The fourth-order valence-electron chi connectivity index (χ4n) is 1.83. The molecule has 0 fully saturated rings. The summed E-state index contributed by atoms with van der Waals surface area (Å²) in [7, 11) is 1.61. The highest BCUT2D eigenvalue weighted by atomic mass is 35.5. The molecule has 0 saturated heterocycles. The molecule has 4 heteroatoms. The van der Waals surface area contributed by atoms with E-state index < -0.39 is 0 Å². The Bertz CT molecular complexity index is 680. The van der Waals surface area contributed by atoms with Crippen LogP contribution >= 0.6 is 11.6 Å². The normalized spacial score (nSPS) is 10.6. The molecule has 2 aromatic carbocycles. The van der Waals surface area contributed by atoms with Gasteiger partial charge < -0.3 is 10.1 Å². The summed E-state index contributed by atoms with van der Waals surface area (Å²) in [4.78, 5) is 11.9. The van der Waals surface area contributed by atoms with Crippen molar-refractivity contribution in [2.45, 2.75) is 6.92 Å². The molecule has 2 rings (SSSR count). The van der Waals surface area contributed by atoms with E-state index in [1.165, 1.54) is 6.08 Å². The second-order valence-electron chi connectivity index (χ2n) is 4.51. The maximum atomic E-state index is 11.9. The monoisotopic (exact) mass is 301 g/mol. The summed E-state index contributed by atoms with van der Waals surface area (Å²) < 4.78 is 5.14. The number of anilines is 1. The van der Waals surface area contributed by atoms with E-state index in [1.807, 2.05) is 37.3 Å². The number of carbonyl (C=O) groups is 1. The Morgan fingerprint density at radius 1 is 1.24 bits per heavy atom. The van der Waals surface area contributed by atoms with Crippen LogP contribution in [0.4, 0.5) is 5.69 Å². The number of nitrogens with one attached hydrogen (secondary N) is 1. The smallest absolute Gasteiger partial charge is 0.248 e. The highest BCUT2D eigenvalue weighted by molar-refractivity contribution is 6.31. The quantitative estimate of drug-likeness (QED) is 0.855. The van der Waals surface area contributed by atoms with E-state index in [0.717, 1.165) is 16.9 Å². The first-order valence-electron chi connectivity index (χ1n) is 6.48. The second kappa shape index (κ2) is 6.95. The molecule has 1 amide bonds. The van der Waals surface area contributed by atoms with Crippen LogP contribution in [0.15, 0.2) is 48.5 Å². The fourth-order valence-corrected chi connectivity index (χ4v) is 2.01. The minimum absolute atomic E-state index is 0.205. The Labute approximate surface area is 129 Å². The molecule has 0 aliphatic heterocycles. The van der Waals surface area contributed by atoms with E-state index in [-0.39, 0.29) is 5.91 Å². The Morgan fingerprint density at radius 2 is 2.00 bits per heavy atom. The molecule has 0 bridgehead atoms. The van der Waals surface area contributed by atoms with Gasteiger partial charge in [-0.1, -0.05) is 29.8 Å². The van der Waals surface area contributed by atoms with Crippen molar-refractivity contribution in [3.05, 3.63) is 64.7 Å². The third kappa shape index (κ3) is 4.10. The Kier molecular flexibility index (Phi) is 5.01. The first-order chi connectivity index (χ1) is 10.1. The van der Waals surface area contributed by atoms with Crippen LogP contribution in [0.2, 0.25) is 5.02 Å². The molecule has 2 aromatic rings. The number of carbonyl (C=O) groups excluding carboxylic acids is 1. The summed E-state index contributed by atoms with van der Waals surface area (Å²) in [6, 6.07) is 12.9. The van der Waals surface area contributed by atoms with Gasteiger partial charge in [0.2, 0.25) is 5.91 Å². The largest absolute Gasteiger partial charge is 0.497 e. The van der Waals surface area contributed by atoms with Crippen molar-refractivity contribution in [1.29, 1.82) is 0 Å². The number of ether oxygens (including phenoxy) is 1. The number of hydrogen-bond donors (Lipinski definition) is 1. The van der Waals surface area contributed by atoms with Crippen LogP contribution in [-0.2, 0) is 4.79 Å². The zero-order chi connectivity index (χ0) is 15.2. The molecule has 0 aromatic heterocycles.